The molecule has 0 spiro atoms. The van der Waals surface area contributed by atoms with Crippen LogP contribution in [-0.2, 0) is 0 Å². The van der Waals surface area contributed by atoms with Gasteiger partial charge in [0, 0.05) is 23.4 Å². The predicted molar refractivity (Wildman–Crippen MR) is 88.4 cm³/mol. The van der Waals surface area contributed by atoms with Gasteiger partial charge in [0.15, 0.2) is 0 Å². The van der Waals surface area contributed by atoms with Gasteiger partial charge in [-0.15, -0.1) is 0 Å². The molecule has 2 heterocycles. The van der Waals surface area contributed by atoms with Crippen LogP contribution < -0.4 is 10.1 Å². The molecule has 23 heavy (non-hydrogen) atoms. The number of methoxy groups -OCH3 is 1. The third kappa shape index (κ3) is 3.52. The van der Waals surface area contributed by atoms with Gasteiger partial charge in [0.1, 0.15) is 0 Å². The summed E-state index contributed by atoms with van der Waals surface area (Å²) in [5.41, 5.74) is 2.86. The first-order valence-corrected chi connectivity index (χ1v) is 7.09. The zero-order valence-corrected chi connectivity index (χ0v) is 12.6. The van der Waals surface area contributed by atoms with Crippen LogP contribution in [0.25, 0.3) is 11.3 Å². The Morgan fingerprint density at radius 3 is 2.57 bits per heavy atom. The molecule has 114 valence electrons. The van der Waals surface area contributed by atoms with Crippen LogP contribution in [-0.4, -0.2) is 23.0 Å². The molecule has 5 heteroatoms. The summed E-state index contributed by atoms with van der Waals surface area (Å²) in [6.45, 7) is 0. The summed E-state index contributed by atoms with van der Waals surface area (Å²) in [6.07, 6.45) is 3.18. The SMILES string of the molecule is COc1ccc(NC(=O)c2ccnc(-c3ccccc3)c2)cn1. The Kier molecular flexibility index (Phi) is 4.29. The van der Waals surface area contributed by atoms with Crippen LogP contribution >= 0.6 is 0 Å². The van der Waals surface area contributed by atoms with E-state index in [1.165, 1.54) is 0 Å². The van der Waals surface area contributed by atoms with Crippen molar-refractivity contribution in [3.63, 3.8) is 0 Å². The van der Waals surface area contributed by atoms with Gasteiger partial charge in [-0.1, -0.05) is 30.3 Å². The zero-order chi connectivity index (χ0) is 16.1. The van der Waals surface area contributed by atoms with Gasteiger partial charge < -0.3 is 10.1 Å². The number of hydrogen-bond donors (Lipinski definition) is 1. The van der Waals surface area contributed by atoms with Crippen molar-refractivity contribution >= 4 is 11.6 Å². The van der Waals surface area contributed by atoms with Crippen molar-refractivity contribution in [3.05, 3.63) is 72.6 Å². The molecule has 0 radical (unpaired) electrons. The minimum atomic E-state index is -0.212. The monoisotopic (exact) mass is 305 g/mol. The van der Waals surface area contributed by atoms with Crippen molar-refractivity contribution in [1.29, 1.82) is 0 Å². The van der Waals surface area contributed by atoms with E-state index in [1.807, 2.05) is 30.3 Å². The average molecular weight is 305 g/mol. The van der Waals surface area contributed by atoms with E-state index >= 15 is 0 Å². The normalized spacial score (nSPS) is 10.1. The number of benzene rings is 1. The molecule has 3 aromatic rings. The molecule has 0 aliphatic carbocycles. The summed E-state index contributed by atoms with van der Waals surface area (Å²) in [7, 11) is 1.54. The zero-order valence-electron chi connectivity index (χ0n) is 12.6. The first-order valence-electron chi connectivity index (χ1n) is 7.09. The van der Waals surface area contributed by atoms with E-state index < -0.39 is 0 Å². The Bertz CT molecular complexity index is 802. The molecule has 1 aromatic carbocycles. The standard InChI is InChI=1S/C18H15N3O2/c1-23-17-8-7-15(12-20-17)21-18(22)14-9-10-19-16(11-14)13-5-3-2-4-6-13/h2-12H,1H3,(H,21,22). The van der Waals surface area contributed by atoms with Crippen LogP contribution in [0, 0.1) is 0 Å². The van der Waals surface area contributed by atoms with Gasteiger partial charge in [-0.05, 0) is 18.2 Å². The summed E-state index contributed by atoms with van der Waals surface area (Å²) in [5, 5.41) is 2.80. The van der Waals surface area contributed by atoms with Gasteiger partial charge in [0.2, 0.25) is 5.88 Å². The van der Waals surface area contributed by atoms with Crippen LogP contribution in [0.3, 0.4) is 0 Å². The Labute approximate surface area is 134 Å². The average Bonchev–Trinajstić information content (AvgIpc) is 2.63. The largest absolute Gasteiger partial charge is 0.481 e. The number of carbonyl (C=O) groups is 1. The second kappa shape index (κ2) is 6.70. The first kappa shape index (κ1) is 14.7. The van der Waals surface area contributed by atoms with Gasteiger partial charge in [-0.3, -0.25) is 9.78 Å². The van der Waals surface area contributed by atoms with E-state index in [9.17, 15) is 4.79 Å². The van der Waals surface area contributed by atoms with Crippen molar-refractivity contribution in [2.24, 2.45) is 0 Å². The summed E-state index contributed by atoms with van der Waals surface area (Å²) in [4.78, 5) is 20.7. The highest BCUT2D eigenvalue weighted by molar-refractivity contribution is 6.04. The summed E-state index contributed by atoms with van der Waals surface area (Å²) in [5.74, 6) is 0.287. The van der Waals surface area contributed by atoms with Gasteiger partial charge in [-0.25, -0.2) is 4.98 Å². The van der Waals surface area contributed by atoms with E-state index in [0.717, 1.165) is 11.3 Å². The smallest absolute Gasteiger partial charge is 0.255 e. The highest BCUT2D eigenvalue weighted by Crippen LogP contribution is 2.18. The van der Waals surface area contributed by atoms with Crippen molar-refractivity contribution in [2.75, 3.05) is 12.4 Å². The van der Waals surface area contributed by atoms with Gasteiger partial charge in [0.25, 0.3) is 5.91 Å². The molecular formula is C18H15N3O2. The number of nitrogens with zero attached hydrogens (tertiary/aromatic N) is 2. The lowest BCUT2D eigenvalue weighted by molar-refractivity contribution is 0.102. The van der Waals surface area contributed by atoms with Crippen molar-refractivity contribution < 1.29 is 9.53 Å². The number of hydrogen-bond acceptors (Lipinski definition) is 4. The lowest BCUT2D eigenvalue weighted by Crippen LogP contribution is -2.12. The predicted octanol–water partition coefficient (Wildman–Crippen LogP) is 3.40. The molecule has 0 aliphatic heterocycles. The molecule has 5 nitrogen and oxygen atoms in total. The molecule has 3 rings (SSSR count). The van der Waals surface area contributed by atoms with E-state index in [1.54, 1.807) is 43.8 Å². The Morgan fingerprint density at radius 2 is 1.87 bits per heavy atom. The molecule has 1 amide bonds. The molecule has 0 fully saturated rings. The topological polar surface area (TPSA) is 64.1 Å². The summed E-state index contributed by atoms with van der Waals surface area (Å²) >= 11 is 0. The Morgan fingerprint density at radius 1 is 1.04 bits per heavy atom. The molecule has 0 saturated heterocycles. The van der Waals surface area contributed by atoms with Crippen LogP contribution in [0.4, 0.5) is 5.69 Å². The first-order chi connectivity index (χ1) is 11.3. The third-order valence-electron chi connectivity index (χ3n) is 3.30. The van der Waals surface area contributed by atoms with Crippen molar-refractivity contribution in [2.45, 2.75) is 0 Å². The highest BCUT2D eigenvalue weighted by Gasteiger charge is 2.09. The highest BCUT2D eigenvalue weighted by atomic mass is 16.5. The minimum Gasteiger partial charge on any atom is -0.481 e. The van der Waals surface area contributed by atoms with Crippen molar-refractivity contribution in [3.8, 4) is 17.1 Å². The number of anilines is 1. The number of rotatable bonds is 4. The molecule has 0 atom stereocenters. The molecule has 0 bridgehead atoms. The minimum absolute atomic E-state index is 0.212. The quantitative estimate of drug-likeness (QED) is 0.802. The van der Waals surface area contributed by atoms with E-state index in [2.05, 4.69) is 15.3 Å². The van der Waals surface area contributed by atoms with E-state index in [-0.39, 0.29) is 5.91 Å². The molecular weight excluding hydrogens is 290 g/mol. The number of pyridine rings is 2. The van der Waals surface area contributed by atoms with Crippen LogP contribution in [0.2, 0.25) is 0 Å². The van der Waals surface area contributed by atoms with Gasteiger partial charge >= 0.3 is 0 Å². The maximum atomic E-state index is 12.4. The fraction of sp³-hybridized carbons (Fsp3) is 0.0556. The fourth-order valence-electron chi connectivity index (χ4n) is 2.12. The Hall–Kier alpha value is -3.21. The number of carbonyl (C=O) groups excluding carboxylic acids is 1. The lowest BCUT2D eigenvalue weighted by Gasteiger charge is -2.07. The molecule has 0 saturated carbocycles. The molecule has 2 aromatic heterocycles. The third-order valence-corrected chi connectivity index (χ3v) is 3.30. The summed E-state index contributed by atoms with van der Waals surface area (Å²) < 4.78 is 4.99. The maximum Gasteiger partial charge on any atom is 0.255 e. The van der Waals surface area contributed by atoms with Crippen LogP contribution in [0.1, 0.15) is 10.4 Å². The molecule has 1 N–H and O–H groups in total. The maximum absolute atomic E-state index is 12.4. The lowest BCUT2D eigenvalue weighted by atomic mass is 10.1. The van der Waals surface area contributed by atoms with Crippen molar-refractivity contribution in [1.82, 2.24) is 9.97 Å². The molecule has 0 aliphatic rings. The molecule has 0 unspecified atom stereocenters. The number of nitrogens with one attached hydrogen (secondary N) is 1. The fourth-order valence-corrected chi connectivity index (χ4v) is 2.12. The van der Waals surface area contributed by atoms with Gasteiger partial charge in [-0.2, -0.15) is 0 Å². The van der Waals surface area contributed by atoms with Gasteiger partial charge in [0.05, 0.1) is 24.7 Å². The second-order valence-electron chi connectivity index (χ2n) is 4.84. The van der Waals surface area contributed by atoms with Crippen LogP contribution in [0.5, 0.6) is 5.88 Å². The summed E-state index contributed by atoms with van der Waals surface area (Å²) in [6, 6.07) is 16.6. The van der Waals surface area contributed by atoms with E-state index in [0.29, 0.717) is 17.1 Å². The number of aromatic nitrogens is 2. The number of amides is 1. The second-order valence-corrected chi connectivity index (χ2v) is 4.84. The van der Waals surface area contributed by atoms with Crippen LogP contribution in [0.15, 0.2) is 67.0 Å². The van der Waals surface area contributed by atoms with E-state index in [4.69, 9.17) is 4.74 Å². The number of ether oxygens (including phenoxy) is 1. The Balaban J connectivity index is 1.79.